The second kappa shape index (κ2) is 5.54. The summed E-state index contributed by atoms with van der Waals surface area (Å²) in [5, 5.41) is 0. The molecule has 3 nitrogen and oxygen atoms in total. The maximum atomic E-state index is 11.2. The standard InChI is InChI=1S/C11H13NO2.C2H6/c1-8-7-9(3-4-10(8)14-2)12-6-5-11(12)13;1-2/h3-4,7H,5-6H2,1-2H3;1-2H3. The van der Waals surface area contributed by atoms with Crippen LogP contribution in [0.1, 0.15) is 25.8 Å². The predicted molar refractivity (Wildman–Crippen MR) is 66.0 cm³/mol. The smallest absolute Gasteiger partial charge is 0.228 e. The summed E-state index contributed by atoms with van der Waals surface area (Å²) in [5.74, 6) is 1.07. The molecule has 0 saturated carbocycles. The molecule has 0 radical (unpaired) electrons. The Morgan fingerprint density at radius 2 is 2.00 bits per heavy atom. The molecule has 1 aromatic rings. The van der Waals surface area contributed by atoms with Crippen molar-refractivity contribution >= 4 is 11.6 Å². The summed E-state index contributed by atoms with van der Waals surface area (Å²) in [4.78, 5) is 13.0. The van der Waals surface area contributed by atoms with Crippen LogP contribution < -0.4 is 9.64 Å². The van der Waals surface area contributed by atoms with Crippen LogP contribution in [0.5, 0.6) is 5.75 Å². The molecule has 0 unspecified atom stereocenters. The molecule has 0 spiro atoms. The Hall–Kier alpha value is -1.51. The van der Waals surface area contributed by atoms with Gasteiger partial charge in [-0.25, -0.2) is 0 Å². The number of methoxy groups -OCH3 is 1. The Morgan fingerprint density at radius 1 is 1.31 bits per heavy atom. The molecule has 1 aromatic carbocycles. The topological polar surface area (TPSA) is 29.5 Å². The van der Waals surface area contributed by atoms with Crippen molar-refractivity contribution in [2.45, 2.75) is 27.2 Å². The Labute approximate surface area is 97.0 Å². The molecular weight excluding hydrogens is 202 g/mol. The number of hydrogen-bond donors (Lipinski definition) is 0. The van der Waals surface area contributed by atoms with Gasteiger partial charge in [-0.2, -0.15) is 0 Å². The maximum Gasteiger partial charge on any atom is 0.228 e. The molecule has 3 heteroatoms. The van der Waals surface area contributed by atoms with Crippen molar-refractivity contribution in [2.75, 3.05) is 18.6 Å². The fraction of sp³-hybridized carbons (Fsp3) is 0.462. The van der Waals surface area contributed by atoms with Crippen molar-refractivity contribution in [3.63, 3.8) is 0 Å². The van der Waals surface area contributed by atoms with Gasteiger partial charge in [0.2, 0.25) is 5.91 Å². The van der Waals surface area contributed by atoms with E-state index in [1.165, 1.54) is 0 Å². The molecule has 0 N–H and O–H groups in total. The SMILES string of the molecule is CC.COc1ccc(N2CCC2=O)cc1C. The van der Waals surface area contributed by atoms with Gasteiger partial charge in [-0.1, -0.05) is 13.8 Å². The van der Waals surface area contributed by atoms with Gasteiger partial charge < -0.3 is 9.64 Å². The number of ether oxygens (including phenoxy) is 1. The van der Waals surface area contributed by atoms with Gasteiger partial charge in [0.15, 0.2) is 0 Å². The van der Waals surface area contributed by atoms with E-state index in [0.29, 0.717) is 6.42 Å². The lowest BCUT2D eigenvalue weighted by atomic mass is 10.1. The van der Waals surface area contributed by atoms with E-state index in [2.05, 4.69) is 0 Å². The first-order chi connectivity index (χ1) is 7.72. The van der Waals surface area contributed by atoms with Crippen molar-refractivity contribution < 1.29 is 9.53 Å². The quantitative estimate of drug-likeness (QED) is 0.719. The highest BCUT2D eigenvalue weighted by atomic mass is 16.5. The van der Waals surface area contributed by atoms with Crippen LogP contribution >= 0.6 is 0 Å². The highest BCUT2D eigenvalue weighted by Crippen LogP contribution is 2.27. The van der Waals surface area contributed by atoms with Gasteiger partial charge in [0.25, 0.3) is 0 Å². The lowest BCUT2D eigenvalue weighted by Crippen LogP contribution is -2.43. The second-order valence-corrected chi connectivity index (χ2v) is 3.45. The van der Waals surface area contributed by atoms with Crippen molar-refractivity contribution in [1.82, 2.24) is 0 Å². The van der Waals surface area contributed by atoms with E-state index in [9.17, 15) is 4.79 Å². The van der Waals surface area contributed by atoms with Gasteiger partial charge in [0.1, 0.15) is 5.75 Å². The monoisotopic (exact) mass is 221 g/mol. The van der Waals surface area contributed by atoms with E-state index in [1.54, 1.807) is 12.0 Å². The number of rotatable bonds is 2. The van der Waals surface area contributed by atoms with Crippen LogP contribution in [-0.4, -0.2) is 19.6 Å². The number of carbonyl (C=O) groups is 1. The summed E-state index contributed by atoms with van der Waals surface area (Å²) in [6.45, 7) is 6.82. The zero-order chi connectivity index (χ0) is 12.1. The summed E-state index contributed by atoms with van der Waals surface area (Å²) >= 11 is 0. The number of anilines is 1. The van der Waals surface area contributed by atoms with Gasteiger partial charge in [-0.3, -0.25) is 4.79 Å². The predicted octanol–water partition coefficient (Wildman–Crippen LogP) is 2.77. The number of carbonyl (C=O) groups excluding carboxylic acids is 1. The van der Waals surface area contributed by atoms with E-state index >= 15 is 0 Å². The molecule has 0 aromatic heterocycles. The highest BCUT2D eigenvalue weighted by Gasteiger charge is 2.25. The van der Waals surface area contributed by atoms with Crippen LogP contribution in [0.2, 0.25) is 0 Å². The van der Waals surface area contributed by atoms with Crippen LogP contribution in [0.15, 0.2) is 18.2 Å². The lowest BCUT2D eigenvalue weighted by molar-refractivity contribution is -0.122. The highest BCUT2D eigenvalue weighted by molar-refractivity contribution is 5.99. The maximum absolute atomic E-state index is 11.2. The fourth-order valence-electron chi connectivity index (χ4n) is 1.62. The third-order valence-corrected chi connectivity index (χ3v) is 2.54. The van der Waals surface area contributed by atoms with E-state index in [4.69, 9.17) is 4.74 Å². The van der Waals surface area contributed by atoms with Gasteiger partial charge >= 0.3 is 0 Å². The number of aryl methyl sites for hydroxylation is 1. The first-order valence-corrected chi connectivity index (χ1v) is 5.67. The van der Waals surface area contributed by atoms with Crippen LogP contribution in [-0.2, 0) is 4.79 Å². The Bertz CT molecular complexity index is 374. The molecule has 1 amide bonds. The molecule has 1 heterocycles. The van der Waals surface area contributed by atoms with Crippen molar-refractivity contribution in [3.8, 4) is 5.75 Å². The number of nitrogens with zero attached hydrogens (tertiary/aromatic N) is 1. The van der Waals surface area contributed by atoms with Gasteiger partial charge in [-0.15, -0.1) is 0 Å². The van der Waals surface area contributed by atoms with Crippen molar-refractivity contribution in [1.29, 1.82) is 0 Å². The Balaban J connectivity index is 0.000000606. The van der Waals surface area contributed by atoms with Crippen molar-refractivity contribution in [2.24, 2.45) is 0 Å². The molecule has 1 fully saturated rings. The number of β-lactam (4-membered cyclic amide) rings is 1. The molecule has 1 aliphatic rings. The molecule has 0 aliphatic carbocycles. The molecule has 0 atom stereocenters. The molecule has 0 bridgehead atoms. The number of hydrogen-bond acceptors (Lipinski definition) is 2. The van der Waals surface area contributed by atoms with Crippen LogP contribution in [0, 0.1) is 6.92 Å². The zero-order valence-corrected chi connectivity index (χ0v) is 10.4. The fourth-order valence-corrected chi connectivity index (χ4v) is 1.62. The van der Waals surface area contributed by atoms with E-state index in [0.717, 1.165) is 23.5 Å². The van der Waals surface area contributed by atoms with Gasteiger partial charge in [0, 0.05) is 18.7 Å². The van der Waals surface area contributed by atoms with Gasteiger partial charge in [-0.05, 0) is 30.7 Å². The molecule has 88 valence electrons. The normalized spacial score (nSPS) is 13.8. The molecule has 16 heavy (non-hydrogen) atoms. The summed E-state index contributed by atoms with van der Waals surface area (Å²) in [5.41, 5.74) is 2.03. The number of benzene rings is 1. The largest absolute Gasteiger partial charge is 0.496 e. The zero-order valence-electron chi connectivity index (χ0n) is 10.4. The molecule has 1 saturated heterocycles. The Kier molecular flexibility index (Phi) is 4.35. The lowest BCUT2D eigenvalue weighted by Gasteiger charge is -2.31. The third kappa shape index (κ3) is 2.35. The molecule has 1 aliphatic heterocycles. The van der Waals surface area contributed by atoms with E-state index in [-0.39, 0.29) is 5.91 Å². The second-order valence-electron chi connectivity index (χ2n) is 3.45. The first kappa shape index (κ1) is 12.6. The summed E-state index contributed by atoms with van der Waals surface area (Å²) in [7, 11) is 1.65. The first-order valence-electron chi connectivity index (χ1n) is 5.67. The van der Waals surface area contributed by atoms with Crippen LogP contribution in [0.25, 0.3) is 0 Å². The summed E-state index contributed by atoms with van der Waals surface area (Å²) < 4.78 is 5.15. The molecule has 2 rings (SSSR count). The van der Waals surface area contributed by atoms with E-state index in [1.807, 2.05) is 39.0 Å². The minimum Gasteiger partial charge on any atom is -0.496 e. The minimum absolute atomic E-state index is 0.203. The van der Waals surface area contributed by atoms with E-state index < -0.39 is 0 Å². The van der Waals surface area contributed by atoms with Gasteiger partial charge in [0.05, 0.1) is 7.11 Å². The average Bonchev–Trinajstić information content (AvgIpc) is 2.30. The Morgan fingerprint density at radius 3 is 2.38 bits per heavy atom. The minimum atomic E-state index is 0.203. The molecular formula is C13H19NO2. The third-order valence-electron chi connectivity index (χ3n) is 2.54. The number of amides is 1. The van der Waals surface area contributed by atoms with Crippen molar-refractivity contribution in [3.05, 3.63) is 23.8 Å². The van der Waals surface area contributed by atoms with Crippen LogP contribution in [0.4, 0.5) is 5.69 Å². The summed E-state index contributed by atoms with van der Waals surface area (Å²) in [6, 6.07) is 5.80. The van der Waals surface area contributed by atoms with Crippen LogP contribution in [0.3, 0.4) is 0 Å². The summed E-state index contributed by atoms with van der Waals surface area (Å²) in [6.07, 6.45) is 0.672. The average molecular weight is 221 g/mol.